The SMILES string of the molecule is CC(=O)C(=Cc1cccc2c1OCO2)C(=O)O. The second-order valence-electron chi connectivity index (χ2n) is 3.50. The van der Waals surface area contributed by atoms with Gasteiger partial charge in [0.2, 0.25) is 6.79 Å². The zero-order valence-electron chi connectivity index (χ0n) is 9.10. The van der Waals surface area contributed by atoms with E-state index in [0.29, 0.717) is 17.1 Å². The second-order valence-corrected chi connectivity index (χ2v) is 3.50. The molecule has 0 fully saturated rings. The number of Topliss-reactive ketones (excluding diaryl/α,β-unsaturated/α-hetero) is 1. The van der Waals surface area contributed by atoms with E-state index in [4.69, 9.17) is 14.6 Å². The van der Waals surface area contributed by atoms with Gasteiger partial charge in [0.05, 0.1) is 0 Å². The molecule has 88 valence electrons. The highest BCUT2D eigenvalue weighted by Crippen LogP contribution is 2.36. The first kappa shape index (κ1) is 11.2. The van der Waals surface area contributed by atoms with Crippen LogP contribution in [0.25, 0.3) is 6.08 Å². The highest BCUT2D eigenvalue weighted by Gasteiger charge is 2.19. The van der Waals surface area contributed by atoms with Crippen molar-refractivity contribution in [3.05, 3.63) is 29.3 Å². The van der Waals surface area contributed by atoms with Gasteiger partial charge in [-0.3, -0.25) is 4.79 Å². The first-order valence-electron chi connectivity index (χ1n) is 4.94. The van der Waals surface area contributed by atoms with E-state index in [1.54, 1.807) is 18.2 Å². The Morgan fingerprint density at radius 1 is 1.35 bits per heavy atom. The summed E-state index contributed by atoms with van der Waals surface area (Å²) in [6.07, 6.45) is 1.29. The van der Waals surface area contributed by atoms with Crippen molar-refractivity contribution in [3.8, 4) is 11.5 Å². The standard InChI is InChI=1S/C12H10O5/c1-7(13)9(12(14)15)5-8-3-2-4-10-11(8)17-6-16-10/h2-5H,6H2,1H3,(H,14,15). The molecule has 17 heavy (non-hydrogen) atoms. The Balaban J connectivity index is 2.48. The molecule has 0 aliphatic carbocycles. The van der Waals surface area contributed by atoms with Crippen molar-refractivity contribution >= 4 is 17.8 Å². The van der Waals surface area contributed by atoms with E-state index >= 15 is 0 Å². The van der Waals surface area contributed by atoms with Gasteiger partial charge in [0.15, 0.2) is 17.3 Å². The minimum atomic E-state index is -1.26. The van der Waals surface area contributed by atoms with E-state index < -0.39 is 11.8 Å². The molecule has 5 nitrogen and oxygen atoms in total. The van der Waals surface area contributed by atoms with Gasteiger partial charge in [0.25, 0.3) is 0 Å². The van der Waals surface area contributed by atoms with Gasteiger partial charge in [-0.05, 0) is 19.1 Å². The van der Waals surface area contributed by atoms with Gasteiger partial charge in [-0.1, -0.05) is 12.1 Å². The zero-order valence-corrected chi connectivity index (χ0v) is 9.10. The molecular weight excluding hydrogens is 224 g/mol. The van der Waals surface area contributed by atoms with Gasteiger partial charge < -0.3 is 14.6 Å². The fourth-order valence-corrected chi connectivity index (χ4v) is 1.54. The number of benzene rings is 1. The molecule has 1 N–H and O–H groups in total. The summed E-state index contributed by atoms with van der Waals surface area (Å²) >= 11 is 0. The molecule has 0 aromatic heterocycles. The minimum absolute atomic E-state index is 0.0999. The monoisotopic (exact) mass is 234 g/mol. The molecule has 0 radical (unpaired) electrons. The molecule has 0 unspecified atom stereocenters. The number of fused-ring (bicyclic) bond motifs is 1. The van der Waals surface area contributed by atoms with Gasteiger partial charge in [0, 0.05) is 5.56 Å². The number of carbonyl (C=O) groups is 2. The first-order valence-corrected chi connectivity index (χ1v) is 4.94. The van der Waals surface area contributed by atoms with E-state index in [1.807, 2.05) is 0 Å². The van der Waals surface area contributed by atoms with Crippen LogP contribution in [0.2, 0.25) is 0 Å². The molecule has 1 aromatic carbocycles. The fourth-order valence-electron chi connectivity index (χ4n) is 1.54. The molecule has 2 rings (SSSR count). The first-order chi connectivity index (χ1) is 8.09. The molecule has 5 heteroatoms. The molecule has 1 aliphatic heterocycles. The van der Waals surface area contributed by atoms with Crippen LogP contribution in [0.1, 0.15) is 12.5 Å². The molecular formula is C12H10O5. The number of ether oxygens (including phenoxy) is 2. The molecule has 1 heterocycles. The molecule has 0 saturated carbocycles. The molecule has 0 atom stereocenters. The summed E-state index contributed by atoms with van der Waals surface area (Å²) in [6.45, 7) is 1.31. The number of carbonyl (C=O) groups excluding carboxylic acids is 1. The molecule has 1 aromatic rings. The van der Waals surface area contributed by atoms with E-state index in [9.17, 15) is 9.59 Å². The zero-order chi connectivity index (χ0) is 12.4. The Labute approximate surface area is 97.3 Å². The smallest absolute Gasteiger partial charge is 0.339 e. The Bertz CT molecular complexity index is 500. The molecule has 0 saturated heterocycles. The summed E-state index contributed by atoms with van der Waals surface area (Å²) in [7, 11) is 0. The Hall–Kier alpha value is -2.30. The number of carboxylic acids is 1. The summed E-state index contributed by atoms with van der Waals surface area (Å²) in [5, 5.41) is 8.89. The van der Waals surface area contributed by atoms with Crippen LogP contribution in [0.5, 0.6) is 11.5 Å². The van der Waals surface area contributed by atoms with Crippen molar-refractivity contribution in [1.82, 2.24) is 0 Å². The van der Waals surface area contributed by atoms with E-state index in [0.717, 1.165) is 0 Å². The number of aliphatic carboxylic acids is 1. The number of para-hydroxylation sites is 1. The lowest BCUT2D eigenvalue weighted by Crippen LogP contribution is -2.08. The number of carboxylic acid groups (broad SMARTS) is 1. The van der Waals surface area contributed by atoms with Gasteiger partial charge in [0.1, 0.15) is 5.57 Å². The lowest BCUT2D eigenvalue weighted by molar-refractivity contribution is -0.134. The molecule has 1 aliphatic rings. The maximum Gasteiger partial charge on any atom is 0.339 e. The Morgan fingerprint density at radius 2 is 2.12 bits per heavy atom. The van der Waals surface area contributed by atoms with Crippen LogP contribution in [0, 0.1) is 0 Å². The number of ketones is 1. The number of hydrogen-bond donors (Lipinski definition) is 1. The van der Waals surface area contributed by atoms with Crippen LogP contribution >= 0.6 is 0 Å². The second kappa shape index (κ2) is 4.29. The van der Waals surface area contributed by atoms with Crippen LogP contribution in [-0.4, -0.2) is 23.7 Å². The van der Waals surface area contributed by atoms with Crippen LogP contribution in [0.15, 0.2) is 23.8 Å². The maximum absolute atomic E-state index is 11.2. The summed E-state index contributed by atoms with van der Waals surface area (Å²) < 4.78 is 10.4. The van der Waals surface area contributed by atoms with Gasteiger partial charge in [-0.25, -0.2) is 4.79 Å². The number of hydrogen-bond acceptors (Lipinski definition) is 4. The lowest BCUT2D eigenvalue weighted by Gasteiger charge is -2.02. The highest BCUT2D eigenvalue weighted by atomic mass is 16.7. The third-order valence-corrected chi connectivity index (χ3v) is 2.34. The van der Waals surface area contributed by atoms with Crippen molar-refractivity contribution in [2.24, 2.45) is 0 Å². The third-order valence-electron chi connectivity index (χ3n) is 2.34. The minimum Gasteiger partial charge on any atom is -0.478 e. The lowest BCUT2D eigenvalue weighted by atomic mass is 10.1. The van der Waals surface area contributed by atoms with Crippen molar-refractivity contribution < 1.29 is 24.2 Å². The molecule has 0 amide bonds. The van der Waals surface area contributed by atoms with Crippen LogP contribution in [-0.2, 0) is 9.59 Å². The predicted octanol–water partition coefficient (Wildman–Crippen LogP) is 1.47. The average Bonchev–Trinajstić information content (AvgIpc) is 2.73. The van der Waals surface area contributed by atoms with Crippen LogP contribution < -0.4 is 9.47 Å². The molecule has 0 spiro atoms. The molecule has 0 bridgehead atoms. The van der Waals surface area contributed by atoms with Gasteiger partial charge >= 0.3 is 5.97 Å². The van der Waals surface area contributed by atoms with Crippen molar-refractivity contribution in [2.45, 2.75) is 6.92 Å². The third kappa shape index (κ3) is 2.13. The normalized spacial score (nSPS) is 13.6. The van der Waals surface area contributed by atoms with E-state index in [-0.39, 0.29) is 12.4 Å². The number of rotatable bonds is 3. The van der Waals surface area contributed by atoms with Crippen LogP contribution in [0.4, 0.5) is 0 Å². The average molecular weight is 234 g/mol. The largest absolute Gasteiger partial charge is 0.478 e. The van der Waals surface area contributed by atoms with Gasteiger partial charge in [-0.15, -0.1) is 0 Å². The van der Waals surface area contributed by atoms with E-state index in [2.05, 4.69) is 0 Å². The highest BCUT2D eigenvalue weighted by molar-refractivity contribution is 6.19. The Morgan fingerprint density at radius 3 is 2.76 bits per heavy atom. The van der Waals surface area contributed by atoms with Crippen molar-refractivity contribution in [3.63, 3.8) is 0 Å². The Kier molecular flexibility index (Phi) is 2.82. The van der Waals surface area contributed by atoms with Crippen molar-refractivity contribution in [2.75, 3.05) is 6.79 Å². The van der Waals surface area contributed by atoms with Crippen LogP contribution in [0.3, 0.4) is 0 Å². The van der Waals surface area contributed by atoms with Crippen molar-refractivity contribution in [1.29, 1.82) is 0 Å². The summed E-state index contributed by atoms with van der Waals surface area (Å²) in [6, 6.07) is 5.09. The maximum atomic E-state index is 11.2. The van der Waals surface area contributed by atoms with Gasteiger partial charge in [-0.2, -0.15) is 0 Å². The van der Waals surface area contributed by atoms with E-state index in [1.165, 1.54) is 13.0 Å². The fraction of sp³-hybridized carbons (Fsp3) is 0.167. The summed E-state index contributed by atoms with van der Waals surface area (Å²) in [5.74, 6) is -0.748. The predicted molar refractivity (Wildman–Crippen MR) is 58.9 cm³/mol. The summed E-state index contributed by atoms with van der Waals surface area (Å²) in [4.78, 5) is 22.1. The topological polar surface area (TPSA) is 72.8 Å². The quantitative estimate of drug-likeness (QED) is 0.487. The summed E-state index contributed by atoms with van der Waals surface area (Å²) in [5.41, 5.74) is 0.238.